The van der Waals surface area contributed by atoms with Gasteiger partial charge in [0.25, 0.3) is 0 Å². The Hall–Kier alpha value is -1.95. The lowest BCUT2D eigenvalue weighted by atomic mass is 10.2. The third kappa shape index (κ3) is 3.33. The van der Waals surface area contributed by atoms with Gasteiger partial charge >= 0.3 is 0 Å². The van der Waals surface area contributed by atoms with Gasteiger partial charge in [-0.2, -0.15) is 5.10 Å². The molecule has 0 bridgehead atoms. The number of hydrogen-bond donors (Lipinski definition) is 2. The van der Waals surface area contributed by atoms with Crippen LogP contribution in [0.25, 0.3) is 0 Å². The zero-order valence-electron chi connectivity index (χ0n) is 10.8. The Morgan fingerprint density at radius 3 is 2.95 bits per heavy atom. The number of aromatic nitrogens is 2. The van der Waals surface area contributed by atoms with Crippen molar-refractivity contribution < 1.29 is 4.39 Å². The third-order valence-corrected chi connectivity index (χ3v) is 3.31. The van der Waals surface area contributed by atoms with E-state index in [0.29, 0.717) is 23.3 Å². The molecule has 0 aliphatic heterocycles. The van der Waals surface area contributed by atoms with E-state index in [2.05, 4.69) is 15.7 Å². The lowest BCUT2D eigenvalue weighted by Gasteiger charge is -2.07. The van der Waals surface area contributed by atoms with Crippen molar-refractivity contribution in [3.8, 4) is 0 Å². The molecule has 1 aliphatic rings. The van der Waals surface area contributed by atoms with E-state index in [0.717, 1.165) is 5.69 Å². The van der Waals surface area contributed by atoms with Crippen LogP contribution in [0.3, 0.4) is 0 Å². The van der Waals surface area contributed by atoms with Crippen molar-refractivity contribution in [1.29, 1.82) is 0 Å². The van der Waals surface area contributed by atoms with Crippen molar-refractivity contribution in [1.82, 2.24) is 15.1 Å². The fraction of sp³-hybridized carbons (Fsp3) is 0.286. The van der Waals surface area contributed by atoms with Gasteiger partial charge in [0, 0.05) is 17.8 Å². The van der Waals surface area contributed by atoms with E-state index >= 15 is 0 Å². The van der Waals surface area contributed by atoms with Crippen molar-refractivity contribution in [2.75, 3.05) is 5.32 Å². The van der Waals surface area contributed by atoms with Gasteiger partial charge in [-0.3, -0.25) is 4.68 Å². The highest BCUT2D eigenvalue weighted by atomic mass is 32.1. The Morgan fingerprint density at radius 2 is 2.20 bits per heavy atom. The molecule has 1 saturated carbocycles. The first-order chi connectivity index (χ1) is 9.70. The highest BCUT2D eigenvalue weighted by Crippen LogP contribution is 2.19. The van der Waals surface area contributed by atoms with Gasteiger partial charge in [0.1, 0.15) is 5.82 Å². The molecule has 2 aromatic rings. The molecule has 0 amide bonds. The molecule has 4 nitrogen and oxygen atoms in total. The summed E-state index contributed by atoms with van der Waals surface area (Å²) in [6, 6.07) is 7.21. The predicted octanol–water partition coefficient (Wildman–Crippen LogP) is 2.52. The maximum atomic E-state index is 13.6. The predicted molar refractivity (Wildman–Crippen MR) is 80.1 cm³/mol. The van der Waals surface area contributed by atoms with Gasteiger partial charge in [-0.1, -0.05) is 18.2 Å². The molecule has 2 N–H and O–H groups in total. The first-order valence-corrected chi connectivity index (χ1v) is 6.95. The number of rotatable bonds is 4. The van der Waals surface area contributed by atoms with Crippen LogP contribution in [-0.4, -0.2) is 20.9 Å². The smallest absolute Gasteiger partial charge is 0.171 e. The molecular weight excluding hydrogens is 275 g/mol. The van der Waals surface area contributed by atoms with E-state index in [9.17, 15) is 4.39 Å². The van der Waals surface area contributed by atoms with Crippen LogP contribution in [-0.2, 0) is 6.54 Å². The number of halogens is 1. The van der Waals surface area contributed by atoms with Gasteiger partial charge in [0.15, 0.2) is 5.11 Å². The molecule has 3 rings (SSSR count). The van der Waals surface area contributed by atoms with Gasteiger partial charge in [0.2, 0.25) is 0 Å². The average Bonchev–Trinajstić information content (AvgIpc) is 3.12. The molecule has 0 saturated heterocycles. The molecule has 0 unspecified atom stereocenters. The molecule has 6 heteroatoms. The second kappa shape index (κ2) is 5.58. The second-order valence-electron chi connectivity index (χ2n) is 4.89. The Labute approximate surface area is 122 Å². The summed E-state index contributed by atoms with van der Waals surface area (Å²) in [5.74, 6) is -0.219. The van der Waals surface area contributed by atoms with Gasteiger partial charge < -0.3 is 10.6 Å². The topological polar surface area (TPSA) is 41.9 Å². The Bertz CT molecular complexity index is 621. The maximum absolute atomic E-state index is 13.6. The Balaban J connectivity index is 1.61. The van der Waals surface area contributed by atoms with Gasteiger partial charge in [0.05, 0.1) is 18.4 Å². The minimum Gasteiger partial charge on any atom is -0.360 e. The van der Waals surface area contributed by atoms with E-state index in [1.54, 1.807) is 23.0 Å². The van der Waals surface area contributed by atoms with Crippen LogP contribution in [0.4, 0.5) is 10.1 Å². The summed E-state index contributed by atoms with van der Waals surface area (Å²) < 4.78 is 15.2. The van der Waals surface area contributed by atoms with E-state index in [4.69, 9.17) is 12.2 Å². The minimum absolute atomic E-state index is 0.219. The Kier molecular flexibility index (Phi) is 3.64. The van der Waals surface area contributed by atoms with Crippen LogP contribution in [0.1, 0.15) is 18.4 Å². The van der Waals surface area contributed by atoms with Crippen LogP contribution in [0.2, 0.25) is 0 Å². The monoisotopic (exact) mass is 290 g/mol. The molecule has 1 aromatic heterocycles. The highest BCUT2D eigenvalue weighted by molar-refractivity contribution is 7.80. The molecule has 0 radical (unpaired) electrons. The van der Waals surface area contributed by atoms with Crippen molar-refractivity contribution in [2.45, 2.75) is 25.4 Å². The summed E-state index contributed by atoms with van der Waals surface area (Å²) in [5, 5.41) is 11.1. The van der Waals surface area contributed by atoms with Gasteiger partial charge in [-0.25, -0.2) is 4.39 Å². The minimum atomic E-state index is -0.219. The van der Waals surface area contributed by atoms with E-state index in [1.165, 1.54) is 18.9 Å². The number of nitrogens with zero attached hydrogens (tertiary/aromatic N) is 2. The van der Waals surface area contributed by atoms with Gasteiger partial charge in [-0.05, 0) is 31.1 Å². The molecule has 104 valence electrons. The van der Waals surface area contributed by atoms with Gasteiger partial charge in [-0.15, -0.1) is 0 Å². The van der Waals surface area contributed by atoms with Crippen molar-refractivity contribution in [2.24, 2.45) is 0 Å². The molecule has 20 heavy (non-hydrogen) atoms. The molecule has 1 aliphatic carbocycles. The maximum Gasteiger partial charge on any atom is 0.171 e. The van der Waals surface area contributed by atoms with E-state index in [1.807, 2.05) is 12.3 Å². The van der Waals surface area contributed by atoms with Crippen LogP contribution >= 0.6 is 12.2 Å². The zero-order chi connectivity index (χ0) is 13.9. The largest absolute Gasteiger partial charge is 0.360 e. The van der Waals surface area contributed by atoms with E-state index < -0.39 is 0 Å². The van der Waals surface area contributed by atoms with E-state index in [-0.39, 0.29) is 5.82 Å². The lowest BCUT2D eigenvalue weighted by molar-refractivity contribution is 0.585. The highest BCUT2D eigenvalue weighted by Gasteiger charge is 2.21. The lowest BCUT2D eigenvalue weighted by Crippen LogP contribution is -2.29. The van der Waals surface area contributed by atoms with Crippen LogP contribution in [0.15, 0.2) is 36.7 Å². The summed E-state index contributed by atoms with van der Waals surface area (Å²) in [7, 11) is 0. The molecule has 1 aromatic carbocycles. The summed E-state index contributed by atoms with van der Waals surface area (Å²) in [4.78, 5) is 0. The standard InChI is InChI=1S/C14H15FN4S/c15-13-4-2-1-3-10(13)8-19-9-12(7-16-19)18-14(20)17-11-5-6-11/h1-4,7,9,11H,5-6,8H2,(H2,17,18,20). The van der Waals surface area contributed by atoms with Crippen molar-refractivity contribution in [3.63, 3.8) is 0 Å². The van der Waals surface area contributed by atoms with Crippen molar-refractivity contribution >= 4 is 23.0 Å². The molecular formula is C14H15FN4S. The first-order valence-electron chi connectivity index (χ1n) is 6.54. The third-order valence-electron chi connectivity index (χ3n) is 3.09. The second-order valence-corrected chi connectivity index (χ2v) is 5.30. The summed E-state index contributed by atoms with van der Waals surface area (Å²) in [6.07, 6.45) is 5.85. The van der Waals surface area contributed by atoms with Crippen LogP contribution in [0, 0.1) is 5.82 Å². The number of benzene rings is 1. The average molecular weight is 290 g/mol. The first kappa shape index (κ1) is 13.1. The number of hydrogen-bond acceptors (Lipinski definition) is 2. The van der Waals surface area contributed by atoms with Crippen LogP contribution < -0.4 is 10.6 Å². The summed E-state index contributed by atoms with van der Waals surface area (Å²) in [6.45, 7) is 0.400. The summed E-state index contributed by atoms with van der Waals surface area (Å²) >= 11 is 5.19. The SMILES string of the molecule is Fc1ccccc1Cn1cc(NC(=S)NC2CC2)cn1. The fourth-order valence-corrected chi connectivity index (χ4v) is 2.18. The fourth-order valence-electron chi connectivity index (χ4n) is 1.90. The Morgan fingerprint density at radius 1 is 1.40 bits per heavy atom. The van der Waals surface area contributed by atoms with Crippen molar-refractivity contribution in [3.05, 3.63) is 48.0 Å². The number of anilines is 1. The number of nitrogens with one attached hydrogen (secondary N) is 2. The molecule has 0 atom stereocenters. The normalized spacial score (nSPS) is 14.1. The molecule has 1 heterocycles. The van der Waals surface area contributed by atoms with Crippen LogP contribution in [0.5, 0.6) is 0 Å². The quantitative estimate of drug-likeness (QED) is 0.849. The molecule has 1 fully saturated rings. The zero-order valence-corrected chi connectivity index (χ0v) is 11.7. The molecule has 0 spiro atoms. The number of thiocarbonyl (C=S) groups is 1. The summed E-state index contributed by atoms with van der Waals surface area (Å²) in [5.41, 5.74) is 1.42.